The zero-order valence-electron chi connectivity index (χ0n) is 11.4. The third-order valence-electron chi connectivity index (χ3n) is 3.74. The van der Waals surface area contributed by atoms with E-state index < -0.39 is 0 Å². The van der Waals surface area contributed by atoms with Gasteiger partial charge in [0.2, 0.25) is 0 Å². The van der Waals surface area contributed by atoms with Crippen LogP contribution >= 0.6 is 27.5 Å². The Labute approximate surface area is 128 Å². The second-order valence-electron chi connectivity index (χ2n) is 5.97. The number of halogens is 2. The van der Waals surface area contributed by atoms with Gasteiger partial charge in [-0.05, 0) is 42.9 Å². The predicted octanol–water partition coefficient (Wildman–Crippen LogP) is 4.75. The summed E-state index contributed by atoms with van der Waals surface area (Å²) in [5.74, 6) is 0.0842. The van der Waals surface area contributed by atoms with E-state index in [2.05, 4.69) is 29.8 Å². The Hall–Kier alpha value is -0.540. The molecule has 0 spiro atoms. The maximum Gasteiger partial charge on any atom is 0.253 e. The maximum atomic E-state index is 12.5. The van der Waals surface area contributed by atoms with Crippen LogP contribution in [0.3, 0.4) is 0 Å². The van der Waals surface area contributed by atoms with Gasteiger partial charge in [-0.3, -0.25) is 4.79 Å². The van der Waals surface area contributed by atoms with Crippen molar-refractivity contribution in [2.45, 2.75) is 33.1 Å². The van der Waals surface area contributed by atoms with Crippen molar-refractivity contribution in [2.75, 3.05) is 13.1 Å². The summed E-state index contributed by atoms with van der Waals surface area (Å²) in [4.78, 5) is 14.5. The average Bonchev–Trinajstić information content (AvgIpc) is 2.48. The van der Waals surface area contributed by atoms with Gasteiger partial charge in [-0.1, -0.05) is 41.4 Å². The van der Waals surface area contributed by atoms with Crippen molar-refractivity contribution in [3.63, 3.8) is 0 Å². The number of rotatable bonds is 1. The van der Waals surface area contributed by atoms with Gasteiger partial charge in [0.15, 0.2) is 0 Å². The van der Waals surface area contributed by atoms with Gasteiger partial charge in [-0.2, -0.15) is 0 Å². The molecule has 0 N–H and O–H groups in total. The summed E-state index contributed by atoms with van der Waals surface area (Å²) in [6.07, 6.45) is 3.30. The summed E-state index contributed by atoms with van der Waals surface area (Å²) >= 11 is 9.39. The first kappa shape index (κ1) is 14.9. The van der Waals surface area contributed by atoms with E-state index in [1.165, 1.54) is 6.42 Å². The molecule has 1 saturated heterocycles. The Kier molecular flexibility index (Phi) is 4.57. The van der Waals surface area contributed by atoms with Gasteiger partial charge in [-0.15, -0.1) is 0 Å². The fraction of sp³-hybridized carbons (Fsp3) is 0.533. The Bertz CT molecular complexity index is 467. The number of amides is 1. The van der Waals surface area contributed by atoms with Crippen molar-refractivity contribution in [3.8, 4) is 0 Å². The first-order valence-electron chi connectivity index (χ1n) is 6.63. The van der Waals surface area contributed by atoms with Crippen LogP contribution in [0.1, 0.15) is 43.5 Å². The molecule has 0 radical (unpaired) electrons. The van der Waals surface area contributed by atoms with Crippen LogP contribution in [0.4, 0.5) is 0 Å². The molecular formula is C15H19BrClNO. The minimum Gasteiger partial charge on any atom is -0.339 e. The molecule has 1 fully saturated rings. The first-order chi connectivity index (χ1) is 8.87. The molecule has 104 valence electrons. The number of likely N-dealkylation sites (tertiary alicyclic amines) is 1. The fourth-order valence-corrected chi connectivity index (χ4v) is 3.35. The molecule has 4 heteroatoms. The third-order valence-corrected chi connectivity index (χ3v) is 4.41. The normalized spacial score (nSPS) is 19.1. The van der Waals surface area contributed by atoms with Crippen LogP contribution in [0.5, 0.6) is 0 Å². The van der Waals surface area contributed by atoms with E-state index in [4.69, 9.17) is 11.6 Å². The molecule has 1 aliphatic rings. The molecule has 2 nitrogen and oxygen atoms in total. The molecule has 1 aromatic carbocycles. The summed E-state index contributed by atoms with van der Waals surface area (Å²) in [6, 6.07) is 5.37. The minimum absolute atomic E-state index is 0.0842. The lowest BCUT2D eigenvalue weighted by Gasteiger charge is -2.23. The average molecular weight is 345 g/mol. The van der Waals surface area contributed by atoms with Crippen molar-refractivity contribution in [1.82, 2.24) is 4.90 Å². The largest absolute Gasteiger partial charge is 0.339 e. The van der Waals surface area contributed by atoms with E-state index in [1.807, 2.05) is 11.0 Å². The number of benzene rings is 1. The molecule has 0 saturated carbocycles. The minimum atomic E-state index is 0.0842. The summed E-state index contributed by atoms with van der Waals surface area (Å²) < 4.78 is 0.846. The van der Waals surface area contributed by atoms with Crippen LogP contribution in [0.15, 0.2) is 22.7 Å². The molecule has 1 aliphatic heterocycles. The van der Waals surface area contributed by atoms with Crippen LogP contribution in [0.2, 0.25) is 5.02 Å². The SMILES string of the molecule is CC1(C)CCCN(C(=O)c2cc(Cl)cc(Br)c2)CC1. The third kappa shape index (κ3) is 3.96. The lowest BCUT2D eigenvalue weighted by Crippen LogP contribution is -2.32. The Balaban J connectivity index is 2.15. The monoisotopic (exact) mass is 343 g/mol. The second kappa shape index (κ2) is 5.84. The first-order valence-corrected chi connectivity index (χ1v) is 7.80. The van der Waals surface area contributed by atoms with Gasteiger partial charge >= 0.3 is 0 Å². The van der Waals surface area contributed by atoms with E-state index in [0.29, 0.717) is 16.0 Å². The molecule has 0 aromatic heterocycles. The zero-order chi connectivity index (χ0) is 14.0. The van der Waals surface area contributed by atoms with Crippen molar-refractivity contribution in [1.29, 1.82) is 0 Å². The Morgan fingerprint density at radius 3 is 2.68 bits per heavy atom. The maximum absolute atomic E-state index is 12.5. The lowest BCUT2D eigenvalue weighted by atomic mass is 9.85. The summed E-state index contributed by atoms with van der Waals surface area (Å²) in [5, 5.41) is 0.591. The standard InChI is InChI=1S/C15H19BrClNO/c1-15(2)4-3-6-18(7-5-15)14(19)11-8-12(16)10-13(17)9-11/h8-10H,3-7H2,1-2H3. The summed E-state index contributed by atoms with van der Waals surface area (Å²) in [6.45, 7) is 6.22. The van der Waals surface area contributed by atoms with E-state index >= 15 is 0 Å². The number of hydrogen-bond acceptors (Lipinski definition) is 1. The molecule has 0 unspecified atom stereocenters. The molecule has 0 bridgehead atoms. The zero-order valence-corrected chi connectivity index (χ0v) is 13.7. The van der Waals surface area contributed by atoms with Crippen LogP contribution in [0.25, 0.3) is 0 Å². The lowest BCUT2D eigenvalue weighted by molar-refractivity contribution is 0.0757. The van der Waals surface area contributed by atoms with E-state index in [0.717, 1.165) is 30.4 Å². The quantitative estimate of drug-likeness (QED) is 0.719. The number of carbonyl (C=O) groups is 1. The van der Waals surface area contributed by atoms with Gasteiger partial charge in [0.25, 0.3) is 5.91 Å². The van der Waals surface area contributed by atoms with Crippen molar-refractivity contribution < 1.29 is 4.79 Å². The molecule has 1 amide bonds. The molecule has 1 aromatic rings. The van der Waals surface area contributed by atoms with Crippen molar-refractivity contribution in [3.05, 3.63) is 33.3 Å². The van der Waals surface area contributed by atoms with Crippen LogP contribution in [-0.2, 0) is 0 Å². The van der Waals surface area contributed by atoms with Crippen molar-refractivity contribution >= 4 is 33.4 Å². The smallest absolute Gasteiger partial charge is 0.253 e. The predicted molar refractivity (Wildman–Crippen MR) is 82.7 cm³/mol. The van der Waals surface area contributed by atoms with E-state index in [-0.39, 0.29) is 5.91 Å². The summed E-state index contributed by atoms with van der Waals surface area (Å²) in [5.41, 5.74) is 1.00. The highest BCUT2D eigenvalue weighted by atomic mass is 79.9. The molecule has 1 heterocycles. The number of nitrogens with zero attached hydrogens (tertiary/aromatic N) is 1. The van der Waals surface area contributed by atoms with Crippen molar-refractivity contribution in [2.24, 2.45) is 5.41 Å². The Morgan fingerprint density at radius 1 is 1.26 bits per heavy atom. The van der Waals surface area contributed by atoms with Gasteiger partial charge in [0, 0.05) is 28.1 Å². The summed E-state index contributed by atoms with van der Waals surface area (Å²) in [7, 11) is 0. The van der Waals surface area contributed by atoms with Gasteiger partial charge in [0.1, 0.15) is 0 Å². The second-order valence-corrected chi connectivity index (χ2v) is 7.32. The molecule has 0 atom stereocenters. The number of hydrogen-bond donors (Lipinski definition) is 0. The van der Waals surface area contributed by atoms with Gasteiger partial charge in [0.05, 0.1) is 0 Å². The van der Waals surface area contributed by atoms with E-state index in [9.17, 15) is 4.79 Å². The molecular weight excluding hydrogens is 326 g/mol. The van der Waals surface area contributed by atoms with E-state index in [1.54, 1.807) is 12.1 Å². The molecule has 2 rings (SSSR count). The van der Waals surface area contributed by atoms with Crippen LogP contribution in [0, 0.1) is 5.41 Å². The van der Waals surface area contributed by atoms with Crippen LogP contribution < -0.4 is 0 Å². The highest BCUT2D eigenvalue weighted by molar-refractivity contribution is 9.10. The van der Waals surface area contributed by atoms with Gasteiger partial charge < -0.3 is 4.90 Å². The highest BCUT2D eigenvalue weighted by Crippen LogP contribution is 2.30. The molecule has 19 heavy (non-hydrogen) atoms. The Morgan fingerprint density at radius 2 is 2.00 bits per heavy atom. The van der Waals surface area contributed by atoms with Gasteiger partial charge in [-0.25, -0.2) is 0 Å². The highest BCUT2D eigenvalue weighted by Gasteiger charge is 2.26. The molecule has 0 aliphatic carbocycles. The number of carbonyl (C=O) groups excluding carboxylic acids is 1. The van der Waals surface area contributed by atoms with Crippen LogP contribution in [-0.4, -0.2) is 23.9 Å². The fourth-order valence-electron chi connectivity index (χ4n) is 2.49. The topological polar surface area (TPSA) is 20.3 Å².